The topological polar surface area (TPSA) is 70.7 Å². The molecule has 5 heteroatoms. The molecule has 0 aliphatic carbocycles. The highest BCUT2D eigenvalue weighted by Gasteiger charge is 2.28. The third-order valence-corrected chi connectivity index (χ3v) is 3.63. The first-order chi connectivity index (χ1) is 9.31. The van der Waals surface area contributed by atoms with Crippen LogP contribution in [0.5, 0.6) is 0 Å². The van der Waals surface area contributed by atoms with E-state index in [0.717, 1.165) is 5.56 Å². The Kier molecular flexibility index (Phi) is 3.53. The zero-order valence-electron chi connectivity index (χ0n) is 12.3. The molecule has 0 unspecified atom stereocenters. The first-order valence-corrected chi connectivity index (χ1v) is 6.47. The summed E-state index contributed by atoms with van der Waals surface area (Å²) in [6.45, 7) is 6.48. The van der Waals surface area contributed by atoms with Gasteiger partial charge in [-0.3, -0.25) is 0 Å². The standard InChI is InChI=1S/C15H20N4O/c1-10-8-15(2,3)19(4)13-6-5-11(7-12(10)13)9-17-18-14(16)20/h5-9H,1-4H3,(H3,16,18,20)/b17-9+. The van der Waals surface area contributed by atoms with E-state index in [-0.39, 0.29) is 5.54 Å². The number of nitrogens with zero attached hydrogens (tertiary/aromatic N) is 2. The van der Waals surface area contributed by atoms with Gasteiger partial charge in [0.05, 0.1) is 11.8 Å². The van der Waals surface area contributed by atoms with Crippen LogP contribution in [0.2, 0.25) is 0 Å². The molecule has 3 N–H and O–H groups in total. The summed E-state index contributed by atoms with van der Waals surface area (Å²) in [5.41, 5.74) is 11.7. The van der Waals surface area contributed by atoms with Crippen LogP contribution in [0.25, 0.3) is 5.57 Å². The van der Waals surface area contributed by atoms with Gasteiger partial charge >= 0.3 is 6.03 Å². The Morgan fingerprint density at radius 3 is 2.80 bits per heavy atom. The maximum atomic E-state index is 10.6. The molecule has 20 heavy (non-hydrogen) atoms. The van der Waals surface area contributed by atoms with Crippen molar-refractivity contribution in [1.82, 2.24) is 5.43 Å². The summed E-state index contributed by atoms with van der Waals surface area (Å²) in [5, 5.41) is 3.78. The van der Waals surface area contributed by atoms with E-state index >= 15 is 0 Å². The maximum absolute atomic E-state index is 10.6. The van der Waals surface area contributed by atoms with Crippen molar-refractivity contribution in [1.29, 1.82) is 0 Å². The fourth-order valence-corrected chi connectivity index (χ4v) is 2.43. The Bertz CT molecular complexity index is 602. The Morgan fingerprint density at radius 2 is 2.15 bits per heavy atom. The summed E-state index contributed by atoms with van der Waals surface area (Å²) >= 11 is 0. The smallest absolute Gasteiger partial charge is 0.332 e. The van der Waals surface area contributed by atoms with Crippen molar-refractivity contribution in [3.05, 3.63) is 35.4 Å². The van der Waals surface area contributed by atoms with Crippen molar-refractivity contribution < 1.29 is 4.79 Å². The highest BCUT2D eigenvalue weighted by atomic mass is 16.2. The van der Waals surface area contributed by atoms with Crippen molar-refractivity contribution in [3.63, 3.8) is 0 Å². The number of allylic oxidation sites excluding steroid dienone is 1. The molecular formula is C15H20N4O. The third kappa shape index (κ3) is 2.66. The first kappa shape index (κ1) is 14.1. The second-order valence-corrected chi connectivity index (χ2v) is 5.55. The SMILES string of the molecule is CC1=CC(C)(C)N(C)c2ccc(/C=N/NC(N)=O)cc21. The van der Waals surface area contributed by atoms with Crippen LogP contribution in [-0.4, -0.2) is 24.8 Å². The first-order valence-electron chi connectivity index (χ1n) is 6.47. The molecule has 0 saturated heterocycles. The van der Waals surface area contributed by atoms with E-state index in [1.54, 1.807) is 6.21 Å². The van der Waals surface area contributed by atoms with Crippen molar-refractivity contribution in [2.45, 2.75) is 26.3 Å². The lowest BCUT2D eigenvalue weighted by molar-refractivity contribution is 0.249. The van der Waals surface area contributed by atoms with Crippen molar-refractivity contribution in [3.8, 4) is 0 Å². The predicted molar refractivity (Wildman–Crippen MR) is 82.9 cm³/mol. The number of urea groups is 1. The van der Waals surface area contributed by atoms with Crippen LogP contribution in [0.1, 0.15) is 31.9 Å². The summed E-state index contributed by atoms with van der Waals surface area (Å²) in [6.07, 6.45) is 3.83. The number of rotatable bonds is 2. The molecule has 1 aromatic carbocycles. The predicted octanol–water partition coefficient (Wildman–Crippen LogP) is 2.32. The Hall–Kier alpha value is -2.30. The van der Waals surface area contributed by atoms with E-state index in [4.69, 9.17) is 5.73 Å². The van der Waals surface area contributed by atoms with Crippen LogP contribution in [0.4, 0.5) is 10.5 Å². The second kappa shape index (κ2) is 5.00. The van der Waals surface area contributed by atoms with Gasteiger partial charge in [-0.2, -0.15) is 5.10 Å². The quantitative estimate of drug-likeness (QED) is 0.640. The molecule has 0 spiro atoms. The Morgan fingerprint density at radius 1 is 1.45 bits per heavy atom. The molecule has 5 nitrogen and oxygen atoms in total. The molecule has 106 valence electrons. The average Bonchev–Trinajstić information content (AvgIpc) is 2.35. The molecule has 1 aromatic rings. The van der Waals surface area contributed by atoms with Gasteiger partial charge in [0.15, 0.2) is 0 Å². The molecule has 1 aliphatic rings. The molecule has 2 amide bonds. The van der Waals surface area contributed by atoms with E-state index < -0.39 is 6.03 Å². The maximum Gasteiger partial charge on any atom is 0.332 e. The molecule has 0 aromatic heterocycles. The number of carbonyl (C=O) groups excluding carboxylic acids is 1. The van der Waals surface area contributed by atoms with Gasteiger partial charge in [0.2, 0.25) is 0 Å². The van der Waals surface area contributed by atoms with Gasteiger partial charge in [0.25, 0.3) is 0 Å². The van der Waals surface area contributed by atoms with Gasteiger partial charge in [-0.25, -0.2) is 10.2 Å². The van der Waals surface area contributed by atoms with Gasteiger partial charge in [0.1, 0.15) is 0 Å². The number of nitrogens with one attached hydrogen (secondary N) is 1. The normalized spacial score (nSPS) is 16.8. The van der Waals surface area contributed by atoms with Crippen LogP contribution in [-0.2, 0) is 0 Å². The number of anilines is 1. The Labute approximate surface area is 119 Å². The minimum absolute atomic E-state index is 0.000212. The van der Waals surface area contributed by atoms with Crippen LogP contribution in [0.3, 0.4) is 0 Å². The van der Waals surface area contributed by atoms with E-state index in [1.807, 2.05) is 6.07 Å². The molecule has 0 saturated carbocycles. The number of amides is 2. The number of hydrazone groups is 1. The number of benzene rings is 1. The fourth-order valence-electron chi connectivity index (χ4n) is 2.43. The largest absolute Gasteiger partial charge is 0.366 e. The molecule has 0 fully saturated rings. The lowest BCUT2D eigenvalue weighted by Crippen LogP contribution is -2.42. The number of fused-ring (bicyclic) bond motifs is 1. The summed E-state index contributed by atoms with van der Waals surface area (Å²) in [5.74, 6) is 0. The molecule has 0 atom stereocenters. The van der Waals surface area contributed by atoms with E-state index in [1.165, 1.54) is 16.8 Å². The molecule has 0 bridgehead atoms. The highest BCUT2D eigenvalue weighted by molar-refractivity contribution is 5.88. The Balaban J connectivity index is 2.35. The number of carbonyl (C=O) groups is 1. The van der Waals surface area contributed by atoms with E-state index in [2.05, 4.69) is 61.5 Å². The number of primary amides is 1. The zero-order valence-corrected chi connectivity index (χ0v) is 12.3. The molecule has 0 radical (unpaired) electrons. The summed E-state index contributed by atoms with van der Waals surface area (Å²) in [6, 6.07) is 5.42. The average molecular weight is 272 g/mol. The molecule has 1 aliphatic heterocycles. The number of nitrogens with two attached hydrogens (primary N) is 1. The van der Waals surface area contributed by atoms with Crippen LogP contribution in [0, 0.1) is 0 Å². The summed E-state index contributed by atoms with van der Waals surface area (Å²) < 4.78 is 0. The number of hydrogen-bond acceptors (Lipinski definition) is 3. The summed E-state index contributed by atoms with van der Waals surface area (Å²) in [7, 11) is 2.09. The molecular weight excluding hydrogens is 252 g/mol. The highest BCUT2D eigenvalue weighted by Crippen LogP contribution is 2.37. The lowest BCUT2D eigenvalue weighted by atomic mass is 9.89. The molecule has 2 rings (SSSR count). The van der Waals surface area contributed by atoms with Gasteiger partial charge in [-0.1, -0.05) is 12.1 Å². The van der Waals surface area contributed by atoms with E-state index in [9.17, 15) is 4.79 Å². The van der Waals surface area contributed by atoms with Crippen LogP contribution in [0.15, 0.2) is 29.4 Å². The summed E-state index contributed by atoms with van der Waals surface area (Å²) in [4.78, 5) is 12.8. The lowest BCUT2D eigenvalue weighted by Gasteiger charge is -2.40. The zero-order chi connectivity index (χ0) is 14.9. The third-order valence-electron chi connectivity index (χ3n) is 3.63. The van der Waals surface area contributed by atoms with Crippen molar-refractivity contribution in [2.24, 2.45) is 10.8 Å². The monoisotopic (exact) mass is 272 g/mol. The molecule has 1 heterocycles. The minimum atomic E-state index is -0.670. The van der Waals surface area contributed by atoms with Crippen LogP contribution >= 0.6 is 0 Å². The van der Waals surface area contributed by atoms with Crippen LogP contribution < -0.4 is 16.1 Å². The van der Waals surface area contributed by atoms with Gasteiger partial charge in [0, 0.05) is 18.3 Å². The van der Waals surface area contributed by atoms with Gasteiger partial charge in [-0.15, -0.1) is 0 Å². The van der Waals surface area contributed by atoms with Crippen molar-refractivity contribution in [2.75, 3.05) is 11.9 Å². The van der Waals surface area contributed by atoms with E-state index in [0.29, 0.717) is 0 Å². The van der Waals surface area contributed by atoms with Crippen molar-refractivity contribution >= 4 is 23.5 Å². The fraction of sp³-hybridized carbons (Fsp3) is 0.333. The second-order valence-electron chi connectivity index (χ2n) is 5.55. The number of hydrogen-bond donors (Lipinski definition) is 2. The van der Waals surface area contributed by atoms with Gasteiger partial charge in [-0.05, 0) is 44.0 Å². The minimum Gasteiger partial charge on any atom is -0.366 e. The van der Waals surface area contributed by atoms with Gasteiger partial charge < -0.3 is 10.6 Å². The number of likely N-dealkylation sites (N-methyl/N-ethyl adjacent to an activating group) is 1.